The molecule has 0 aromatic carbocycles. The minimum absolute atomic E-state index is 0.712. The molecule has 2 heterocycles. The van der Waals surface area contributed by atoms with E-state index in [1.807, 2.05) is 19.9 Å². The molecule has 0 saturated carbocycles. The van der Waals surface area contributed by atoms with Gasteiger partial charge in [-0.3, -0.25) is 0 Å². The Labute approximate surface area is 115 Å². The number of aryl methyl sites for hydroxylation is 2. The first-order chi connectivity index (χ1) is 8.63. The van der Waals surface area contributed by atoms with Crippen molar-refractivity contribution in [3.05, 3.63) is 28.2 Å². The summed E-state index contributed by atoms with van der Waals surface area (Å²) in [6.07, 6.45) is 2.67. The van der Waals surface area contributed by atoms with Gasteiger partial charge in [0, 0.05) is 6.54 Å². The average Bonchev–Trinajstić information content (AvgIpc) is 2.76. The van der Waals surface area contributed by atoms with Gasteiger partial charge in [0.15, 0.2) is 11.6 Å². The normalized spacial score (nSPS) is 10.7. The van der Waals surface area contributed by atoms with Gasteiger partial charge in [0.2, 0.25) is 0 Å². The minimum Gasteiger partial charge on any atom is -0.461 e. The van der Waals surface area contributed by atoms with Crippen molar-refractivity contribution < 1.29 is 4.42 Å². The Morgan fingerprint density at radius 2 is 2.00 bits per heavy atom. The van der Waals surface area contributed by atoms with Crippen molar-refractivity contribution in [1.29, 1.82) is 0 Å². The Balaban J connectivity index is 2.50. The van der Waals surface area contributed by atoms with Gasteiger partial charge in [-0.05, 0) is 42.3 Å². The number of nitrogens with one attached hydrogen (secondary N) is 1. The van der Waals surface area contributed by atoms with Crippen LogP contribution in [-0.2, 0) is 0 Å². The molecule has 2 aromatic heterocycles. The molecule has 0 unspecified atom stereocenters. The standard InChI is InChI=1S/C13H16BrN3O/c1-4-6-15-13-11(12-10(14)5-7-18-12)16-8(2)9(3)17-13/h5,7H,4,6H2,1-3H3,(H,15,17). The molecule has 2 rings (SSSR count). The number of anilines is 1. The Bertz CT molecular complexity index is 551. The highest BCUT2D eigenvalue weighted by Gasteiger charge is 2.16. The third-order valence-electron chi connectivity index (χ3n) is 2.68. The van der Waals surface area contributed by atoms with Crippen LogP contribution in [0.15, 0.2) is 21.2 Å². The fourth-order valence-electron chi connectivity index (χ4n) is 1.59. The number of hydrogen-bond donors (Lipinski definition) is 1. The van der Waals surface area contributed by atoms with Gasteiger partial charge in [-0.2, -0.15) is 0 Å². The molecule has 0 radical (unpaired) electrons. The molecular weight excluding hydrogens is 294 g/mol. The SMILES string of the molecule is CCCNc1nc(C)c(C)nc1-c1occc1Br. The van der Waals surface area contributed by atoms with E-state index in [0.29, 0.717) is 5.76 Å². The van der Waals surface area contributed by atoms with E-state index in [0.717, 1.165) is 40.3 Å². The lowest BCUT2D eigenvalue weighted by Crippen LogP contribution is -2.07. The third-order valence-corrected chi connectivity index (χ3v) is 3.31. The number of nitrogens with zero attached hydrogens (tertiary/aromatic N) is 2. The van der Waals surface area contributed by atoms with E-state index in [-0.39, 0.29) is 0 Å². The van der Waals surface area contributed by atoms with E-state index in [9.17, 15) is 0 Å². The summed E-state index contributed by atoms with van der Waals surface area (Å²) in [5.74, 6) is 1.49. The molecule has 96 valence electrons. The average molecular weight is 310 g/mol. The molecule has 0 aliphatic heterocycles. The molecule has 0 amide bonds. The van der Waals surface area contributed by atoms with Crippen LogP contribution in [0.25, 0.3) is 11.5 Å². The highest BCUT2D eigenvalue weighted by molar-refractivity contribution is 9.10. The Hall–Kier alpha value is -1.36. The third kappa shape index (κ3) is 2.56. The quantitative estimate of drug-likeness (QED) is 0.929. The second-order valence-corrected chi connectivity index (χ2v) is 4.97. The monoisotopic (exact) mass is 309 g/mol. The predicted molar refractivity (Wildman–Crippen MR) is 75.7 cm³/mol. The number of aromatic nitrogens is 2. The minimum atomic E-state index is 0.712. The second kappa shape index (κ2) is 5.52. The van der Waals surface area contributed by atoms with Gasteiger partial charge >= 0.3 is 0 Å². The van der Waals surface area contributed by atoms with Crippen LogP contribution in [0.3, 0.4) is 0 Å². The molecule has 2 aromatic rings. The summed E-state index contributed by atoms with van der Waals surface area (Å²) in [6, 6.07) is 1.86. The molecule has 0 atom stereocenters. The van der Waals surface area contributed by atoms with Crippen LogP contribution < -0.4 is 5.32 Å². The molecule has 0 aliphatic carbocycles. The van der Waals surface area contributed by atoms with Crippen LogP contribution in [0.1, 0.15) is 24.7 Å². The molecule has 0 fully saturated rings. The van der Waals surface area contributed by atoms with Crippen molar-refractivity contribution in [1.82, 2.24) is 9.97 Å². The van der Waals surface area contributed by atoms with Crippen molar-refractivity contribution in [3.8, 4) is 11.5 Å². The molecule has 1 N–H and O–H groups in total. The van der Waals surface area contributed by atoms with E-state index in [1.54, 1.807) is 6.26 Å². The smallest absolute Gasteiger partial charge is 0.170 e. The fraction of sp³-hybridized carbons (Fsp3) is 0.385. The lowest BCUT2D eigenvalue weighted by atomic mass is 10.2. The summed E-state index contributed by atoms with van der Waals surface area (Å²) in [5.41, 5.74) is 2.60. The maximum atomic E-state index is 5.48. The Morgan fingerprint density at radius 1 is 1.28 bits per heavy atom. The molecule has 18 heavy (non-hydrogen) atoms. The molecule has 4 nitrogen and oxygen atoms in total. The summed E-state index contributed by atoms with van der Waals surface area (Å²) in [5, 5.41) is 3.29. The largest absolute Gasteiger partial charge is 0.461 e. The summed E-state index contributed by atoms with van der Waals surface area (Å²) >= 11 is 3.46. The van der Waals surface area contributed by atoms with Gasteiger partial charge in [-0.1, -0.05) is 6.92 Å². The van der Waals surface area contributed by atoms with E-state index in [2.05, 4.69) is 38.1 Å². The molecule has 0 aliphatic rings. The van der Waals surface area contributed by atoms with Crippen molar-refractivity contribution in [2.24, 2.45) is 0 Å². The molecule has 0 spiro atoms. The fourth-order valence-corrected chi connectivity index (χ4v) is 1.98. The first-order valence-corrected chi connectivity index (χ1v) is 6.75. The van der Waals surface area contributed by atoms with Crippen molar-refractivity contribution in [3.63, 3.8) is 0 Å². The second-order valence-electron chi connectivity index (χ2n) is 4.12. The van der Waals surface area contributed by atoms with E-state index >= 15 is 0 Å². The zero-order valence-corrected chi connectivity index (χ0v) is 12.3. The number of rotatable bonds is 4. The maximum absolute atomic E-state index is 5.48. The van der Waals surface area contributed by atoms with Crippen LogP contribution >= 0.6 is 15.9 Å². The van der Waals surface area contributed by atoms with Gasteiger partial charge < -0.3 is 9.73 Å². The van der Waals surface area contributed by atoms with E-state index < -0.39 is 0 Å². The van der Waals surface area contributed by atoms with Crippen LogP contribution in [-0.4, -0.2) is 16.5 Å². The van der Waals surface area contributed by atoms with Crippen LogP contribution in [0, 0.1) is 13.8 Å². The van der Waals surface area contributed by atoms with Crippen LogP contribution in [0.4, 0.5) is 5.82 Å². The lowest BCUT2D eigenvalue weighted by Gasteiger charge is -2.11. The van der Waals surface area contributed by atoms with Crippen molar-refractivity contribution in [2.45, 2.75) is 27.2 Å². The van der Waals surface area contributed by atoms with Gasteiger partial charge in [-0.15, -0.1) is 0 Å². The summed E-state index contributed by atoms with van der Waals surface area (Å²) in [6.45, 7) is 6.89. The topological polar surface area (TPSA) is 51.0 Å². The first-order valence-electron chi connectivity index (χ1n) is 5.96. The summed E-state index contributed by atoms with van der Waals surface area (Å²) in [4.78, 5) is 9.13. The molecular formula is C13H16BrN3O. The number of furan rings is 1. The van der Waals surface area contributed by atoms with Gasteiger partial charge in [0.1, 0.15) is 5.69 Å². The van der Waals surface area contributed by atoms with E-state index in [1.165, 1.54) is 0 Å². The molecule has 0 bridgehead atoms. The molecule has 0 saturated heterocycles. The predicted octanol–water partition coefficient (Wildman–Crippen LogP) is 3.94. The number of halogens is 1. The zero-order valence-electron chi connectivity index (χ0n) is 10.7. The number of hydrogen-bond acceptors (Lipinski definition) is 4. The van der Waals surface area contributed by atoms with Crippen molar-refractivity contribution in [2.75, 3.05) is 11.9 Å². The van der Waals surface area contributed by atoms with Gasteiger partial charge in [-0.25, -0.2) is 9.97 Å². The van der Waals surface area contributed by atoms with Crippen molar-refractivity contribution >= 4 is 21.7 Å². The Kier molecular flexibility index (Phi) is 4.01. The highest BCUT2D eigenvalue weighted by Crippen LogP contribution is 2.32. The molecule has 5 heteroatoms. The van der Waals surface area contributed by atoms with E-state index in [4.69, 9.17) is 4.42 Å². The van der Waals surface area contributed by atoms with Gasteiger partial charge in [0.25, 0.3) is 0 Å². The summed E-state index contributed by atoms with van der Waals surface area (Å²) < 4.78 is 6.36. The maximum Gasteiger partial charge on any atom is 0.170 e. The lowest BCUT2D eigenvalue weighted by molar-refractivity contribution is 0.578. The first kappa shape index (κ1) is 13.1. The van der Waals surface area contributed by atoms with Crippen LogP contribution in [0.2, 0.25) is 0 Å². The van der Waals surface area contributed by atoms with Gasteiger partial charge in [0.05, 0.1) is 22.1 Å². The Morgan fingerprint density at radius 3 is 2.61 bits per heavy atom. The summed E-state index contributed by atoms with van der Waals surface area (Å²) in [7, 11) is 0. The zero-order chi connectivity index (χ0) is 13.1. The highest BCUT2D eigenvalue weighted by atomic mass is 79.9. The van der Waals surface area contributed by atoms with Crippen LogP contribution in [0.5, 0.6) is 0 Å².